The van der Waals surface area contributed by atoms with E-state index >= 15 is 0 Å². The molecule has 3 aromatic rings. The highest BCUT2D eigenvalue weighted by atomic mass is 79.9. The van der Waals surface area contributed by atoms with E-state index in [1.807, 2.05) is 12.1 Å². The minimum Gasteiger partial charge on any atom is -0.402 e. The fourth-order valence-electron chi connectivity index (χ4n) is 2.60. The number of aromatic nitrogens is 2. The summed E-state index contributed by atoms with van der Waals surface area (Å²) in [7, 11) is 0. The van der Waals surface area contributed by atoms with E-state index in [4.69, 9.17) is 4.42 Å². The Morgan fingerprint density at radius 3 is 2.41 bits per heavy atom. The van der Waals surface area contributed by atoms with Crippen molar-refractivity contribution >= 4 is 56.7 Å². The van der Waals surface area contributed by atoms with Gasteiger partial charge in [-0.15, -0.1) is 16.4 Å². The Labute approximate surface area is 165 Å². The number of amides is 3. The quantitative estimate of drug-likeness (QED) is 0.615. The summed E-state index contributed by atoms with van der Waals surface area (Å²) in [5.74, 6) is -0.614. The summed E-state index contributed by atoms with van der Waals surface area (Å²) in [5.41, 5.74) is 0.777. The number of nitrogens with one attached hydrogen (secondary N) is 1. The summed E-state index contributed by atoms with van der Waals surface area (Å²) < 4.78 is 6.37. The van der Waals surface area contributed by atoms with Gasteiger partial charge in [0.15, 0.2) is 0 Å². The molecule has 0 unspecified atom stereocenters. The fraction of sp³-hybridized carbons (Fsp3) is 0.118. The van der Waals surface area contributed by atoms with Gasteiger partial charge >= 0.3 is 6.01 Å². The first-order chi connectivity index (χ1) is 13.0. The van der Waals surface area contributed by atoms with Crippen LogP contribution in [0.2, 0.25) is 0 Å². The monoisotopic (exact) mass is 446 g/mol. The van der Waals surface area contributed by atoms with Crippen LogP contribution >= 0.6 is 27.3 Å². The lowest BCUT2D eigenvalue weighted by Crippen LogP contribution is -2.28. The lowest BCUT2D eigenvalue weighted by Gasteiger charge is -2.13. The minimum atomic E-state index is -0.441. The number of carbonyl (C=O) groups excluding carboxylic acids is 3. The molecule has 0 bridgehead atoms. The van der Waals surface area contributed by atoms with Crippen molar-refractivity contribution in [2.75, 3.05) is 10.2 Å². The molecule has 2 aromatic heterocycles. The molecule has 4 rings (SSSR count). The summed E-state index contributed by atoms with van der Waals surface area (Å²) in [4.78, 5) is 37.8. The van der Waals surface area contributed by atoms with E-state index in [1.54, 1.807) is 12.1 Å². The van der Waals surface area contributed by atoms with Crippen LogP contribution in [-0.4, -0.2) is 27.9 Å². The predicted octanol–water partition coefficient (Wildman–Crippen LogP) is 3.47. The zero-order valence-corrected chi connectivity index (χ0v) is 16.0. The van der Waals surface area contributed by atoms with Gasteiger partial charge in [0.25, 0.3) is 11.8 Å². The average Bonchev–Trinajstić information content (AvgIpc) is 3.36. The molecule has 0 radical (unpaired) electrons. The van der Waals surface area contributed by atoms with Crippen molar-refractivity contribution in [2.45, 2.75) is 12.8 Å². The highest BCUT2D eigenvalue weighted by Gasteiger charge is 2.30. The van der Waals surface area contributed by atoms with Gasteiger partial charge in [0.05, 0.1) is 14.4 Å². The first kappa shape index (κ1) is 17.6. The molecule has 3 amide bonds. The van der Waals surface area contributed by atoms with Crippen LogP contribution in [0, 0.1) is 0 Å². The molecule has 1 saturated heterocycles. The van der Waals surface area contributed by atoms with Gasteiger partial charge in [0, 0.05) is 18.4 Å². The van der Waals surface area contributed by atoms with Crippen molar-refractivity contribution in [3.63, 3.8) is 0 Å². The Kier molecular flexibility index (Phi) is 4.58. The average molecular weight is 447 g/mol. The van der Waals surface area contributed by atoms with Gasteiger partial charge in [0.1, 0.15) is 0 Å². The van der Waals surface area contributed by atoms with E-state index in [2.05, 4.69) is 31.4 Å². The Balaban J connectivity index is 1.46. The number of anilines is 2. The normalized spacial score (nSPS) is 14.0. The first-order valence-corrected chi connectivity index (χ1v) is 9.48. The van der Waals surface area contributed by atoms with Crippen molar-refractivity contribution in [2.24, 2.45) is 0 Å². The zero-order chi connectivity index (χ0) is 19.0. The maximum Gasteiger partial charge on any atom is 0.322 e. The second-order valence-corrected chi connectivity index (χ2v) is 8.10. The van der Waals surface area contributed by atoms with E-state index in [-0.39, 0.29) is 30.7 Å². The number of thiophene rings is 1. The molecular formula is C17H11BrN4O4S. The van der Waals surface area contributed by atoms with Crippen LogP contribution in [0.25, 0.3) is 10.8 Å². The number of hydrogen-bond acceptors (Lipinski definition) is 7. The van der Waals surface area contributed by atoms with Crippen molar-refractivity contribution in [1.82, 2.24) is 10.2 Å². The van der Waals surface area contributed by atoms with E-state index in [1.165, 1.54) is 23.5 Å². The summed E-state index contributed by atoms with van der Waals surface area (Å²) >= 11 is 4.79. The molecule has 1 aromatic carbocycles. The molecule has 0 saturated carbocycles. The Hall–Kier alpha value is -2.85. The maximum atomic E-state index is 12.3. The highest BCUT2D eigenvalue weighted by molar-refractivity contribution is 9.11. The van der Waals surface area contributed by atoms with Crippen molar-refractivity contribution in [3.05, 3.63) is 45.7 Å². The summed E-state index contributed by atoms with van der Waals surface area (Å²) in [6.45, 7) is 0. The molecule has 136 valence electrons. The molecule has 10 heteroatoms. The number of halogens is 1. The molecule has 0 aliphatic carbocycles. The van der Waals surface area contributed by atoms with Crippen LogP contribution in [0.1, 0.15) is 23.2 Å². The minimum absolute atomic E-state index is 0.0199. The molecule has 0 atom stereocenters. The molecule has 1 aliphatic heterocycles. The van der Waals surface area contributed by atoms with Crippen LogP contribution in [0.4, 0.5) is 11.7 Å². The molecule has 1 N–H and O–H groups in total. The molecule has 3 heterocycles. The number of benzene rings is 1. The number of carbonyl (C=O) groups is 3. The van der Waals surface area contributed by atoms with Crippen LogP contribution in [0.3, 0.4) is 0 Å². The molecule has 0 spiro atoms. The molecular weight excluding hydrogens is 436 g/mol. The standard InChI is InChI=1S/C17H11BrN4O4S/c18-12-6-5-11(27-12)16-20-21-17(26-16)19-15(25)9-1-3-10(4-2-9)22-13(23)7-8-14(22)24/h1-6H,7-8H2,(H,19,21,25). The van der Waals surface area contributed by atoms with Crippen LogP contribution in [0.5, 0.6) is 0 Å². The van der Waals surface area contributed by atoms with Crippen molar-refractivity contribution in [3.8, 4) is 10.8 Å². The Bertz CT molecular complexity index is 1030. The first-order valence-electron chi connectivity index (χ1n) is 7.88. The second kappa shape index (κ2) is 7.05. The van der Waals surface area contributed by atoms with Gasteiger partial charge in [-0.25, -0.2) is 0 Å². The van der Waals surface area contributed by atoms with Gasteiger partial charge in [-0.05, 0) is 52.3 Å². The second-order valence-electron chi connectivity index (χ2n) is 5.64. The zero-order valence-electron chi connectivity index (χ0n) is 13.6. The third-order valence-electron chi connectivity index (χ3n) is 3.87. The predicted molar refractivity (Wildman–Crippen MR) is 101 cm³/mol. The van der Waals surface area contributed by atoms with Gasteiger partial charge in [-0.1, -0.05) is 5.10 Å². The van der Waals surface area contributed by atoms with Crippen LogP contribution in [-0.2, 0) is 9.59 Å². The fourth-order valence-corrected chi connectivity index (χ4v) is 3.91. The van der Waals surface area contributed by atoms with Gasteiger partial charge in [-0.3, -0.25) is 24.6 Å². The third-order valence-corrected chi connectivity index (χ3v) is 5.48. The SMILES string of the molecule is O=C(Nc1nnc(-c2ccc(Br)s2)o1)c1ccc(N2C(=O)CCC2=O)cc1. The van der Waals surface area contributed by atoms with E-state index in [9.17, 15) is 14.4 Å². The number of hydrogen-bond donors (Lipinski definition) is 1. The van der Waals surface area contributed by atoms with Crippen LogP contribution in [0.15, 0.2) is 44.6 Å². The number of rotatable bonds is 4. The molecule has 27 heavy (non-hydrogen) atoms. The van der Waals surface area contributed by atoms with Gasteiger partial charge < -0.3 is 4.42 Å². The molecule has 8 nitrogen and oxygen atoms in total. The lowest BCUT2D eigenvalue weighted by atomic mass is 10.2. The van der Waals surface area contributed by atoms with Gasteiger partial charge in [0.2, 0.25) is 11.8 Å². The van der Waals surface area contributed by atoms with Crippen molar-refractivity contribution in [1.29, 1.82) is 0 Å². The summed E-state index contributed by atoms with van der Waals surface area (Å²) in [6.07, 6.45) is 0.419. The smallest absolute Gasteiger partial charge is 0.322 e. The summed E-state index contributed by atoms with van der Waals surface area (Å²) in [6, 6.07) is 9.83. The van der Waals surface area contributed by atoms with E-state index in [0.29, 0.717) is 17.1 Å². The number of nitrogens with zero attached hydrogens (tertiary/aromatic N) is 3. The summed E-state index contributed by atoms with van der Waals surface area (Å²) in [5, 5.41) is 10.2. The lowest BCUT2D eigenvalue weighted by molar-refractivity contribution is -0.121. The largest absolute Gasteiger partial charge is 0.402 e. The van der Waals surface area contributed by atoms with Crippen molar-refractivity contribution < 1.29 is 18.8 Å². The van der Waals surface area contributed by atoms with E-state index < -0.39 is 5.91 Å². The van der Waals surface area contributed by atoms with Gasteiger partial charge in [-0.2, -0.15) is 0 Å². The maximum absolute atomic E-state index is 12.3. The molecule has 1 aliphatic rings. The number of imide groups is 1. The Morgan fingerprint density at radius 2 is 1.78 bits per heavy atom. The van der Waals surface area contributed by atoms with E-state index in [0.717, 1.165) is 13.6 Å². The highest BCUT2D eigenvalue weighted by Crippen LogP contribution is 2.31. The molecule has 1 fully saturated rings. The third kappa shape index (κ3) is 3.53. The topological polar surface area (TPSA) is 105 Å². The Morgan fingerprint density at radius 1 is 1.07 bits per heavy atom. The van der Waals surface area contributed by atoms with Crippen LogP contribution < -0.4 is 10.2 Å².